The molecule has 1 aliphatic heterocycles. The molecule has 6 heteroatoms. The highest BCUT2D eigenvalue weighted by Gasteiger charge is 2.27. The predicted molar refractivity (Wildman–Crippen MR) is 127 cm³/mol. The number of anilines is 1. The summed E-state index contributed by atoms with van der Waals surface area (Å²) in [6.45, 7) is 2.14. The van der Waals surface area contributed by atoms with E-state index in [-0.39, 0.29) is 17.7 Å². The molecule has 1 saturated heterocycles. The van der Waals surface area contributed by atoms with E-state index < -0.39 is 0 Å². The van der Waals surface area contributed by atoms with Crippen molar-refractivity contribution in [3.05, 3.63) is 90.5 Å². The molecule has 1 amide bonds. The van der Waals surface area contributed by atoms with Crippen LogP contribution < -0.4 is 10.2 Å². The third-order valence-electron chi connectivity index (χ3n) is 6.34. The van der Waals surface area contributed by atoms with Crippen LogP contribution in [0.3, 0.4) is 0 Å². The highest BCUT2D eigenvalue weighted by atomic mass is 16.1. The molecular weight excluding hydrogens is 398 g/mol. The summed E-state index contributed by atoms with van der Waals surface area (Å²) >= 11 is 0. The topological polar surface area (TPSA) is 73.9 Å². The van der Waals surface area contributed by atoms with Crippen molar-refractivity contribution >= 4 is 22.6 Å². The minimum absolute atomic E-state index is 0.0508. The monoisotopic (exact) mass is 425 g/mol. The van der Waals surface area contributed by atoms with E-state index in [1.165, 1.54) is 16.5 Å². The lowest BCUT2D eigenvalue weighted by Gasteiger charge is -2.33. The molecule has 3 heterocycles. The fourth-order valence-corrected chi connectivity index (χ4v) is 4.68. The molecule has 2 N–H and O–H groups in total. The summed E-state index contributed by atoms with van der Waals surface area (Å²) in [5.74, 6) is 0.978. The summed E-state index contributed by atoms with van der Waals surface area (Å²) < 4.78 is 0. The van der Waals surface area contributed by atoms with E-state index in [9.17, 15) is 4.79 Å². The second-order valence-electron chi connectivity index (χ2n) is 8.35. The van der Waals surface area contributed by atoms with E-state index in [2.05, 4.69) is 73.8 Å². The number of piperidine rings is 1. The lowest BCUT2D eigenvalue weighted by atomic mass is 9.90. The number of carbonyl (C=O) groups excluding carboxylic acids is 1. The van der Waals surface area contributed by atoms with Gasteiger partial charge in [-0.1, -0.05) is 48.5 Å². The molecule has 32 heavy (non-hydrogen) atoms. The minimum atomic E-state index is -0.0508. The number of para-hydroxylation sites is 1. The van der Waals surface area contributed by atoms with Crippen molar-refractivity contribution < 1.29 is 4.79 Å². The van der Waals surface area contributed by atoms with Gasteiger partial charge in [-0.25, -0.2) is 4.98 Å². The van der Waals surface area contributed by atoms with Crippen molar-refractivity contribution in [1.29, 1.82) is 0 Å². The van der Waals surface area contributed by atoms with Crippen LogP contribution in [0, 0.1) is 5.92 Å². The highest BCUT2D eigenvalue weighted by molar-refractivity contribution is 5.84. The minimum Gasteiger partial charge on any atom is -0.361 e. The van der Waals surface area contributed by atoms with Crippen LogP contribution in [0.25, 0.3) is 10.9 Å². The first-order valence-electron chi connectivity index (χ1n) is 11.2. The van der Waals surface area contributed by atoms with Gasteiger partial charge in [0, 0.05) is 55.0 Å². The van der Waals surface area contributed by atoms with Crippen molar-refractivity contribution in [2.45, 2.75) is 18.8 Å². The fraction of sp³-hybridized carbons (Fsp3) is 0.269. The van der Waals surface area contributed by atoms with Gasteiger partial charge in [0.05, 0.1) is 12.1 Å². The van der Waals surface area contributed by atoms with E-state index in [1.54, 1.807) is 18.6 Å². The third-order valence-corrected chi connectivity index (χ3v) is 6.34. The average Bonchev–Trinajstić information content (AvgIpc) is 3.29. The van der Waals surface area contributed by atoms with Gasteiger partial charge in [0.25, 0.3) is 0 Å². The number of rotatable bonds is 6. The number of H-pyrrole nitrogens is 1. The zero-order valence-corrected chi connectivity index (χ0v) is 17.9. The molecule has 0 bridgehead atoms. The fourth-order valence-electron chi connectivity index (χ4n) is 4.68. The van der Waals surface area contributed by atoms with Crippen molar-refractivity contribution in [2.24, 2.45) is 5.92 Å². The second kappa shape index (κ2) is 9.22. The van der Waals surface area contributed by atoms with Gasteiger partial charge in [-0.15, -0.1) is 0 Å². The van der Waals surface area contributed by atoms with Gasteiger partial charge >= 0.3 is 0 Å². The Hall–Kier alpha value is -3.67. The quantitative estimate of drug-likeness (QED) is 0.487. The van der Waals surface area contributed by atoms with Gasteiger partial charge in [-0.05, 0) is 30.0 Å². The van der Waals surface area contributed by atoms with Crippen LogP contribution in [0.2, 0.25) is 0 Å². The molecular formula is C26H27N5O. The average molecular weight is 426 g/mol. The molecule has 1 fully saturated rings. The van der Waals surface area contributed by atoms with Gasteiger partial charge in [0.2, 0.25) is 5.91 Å². The molecule has 0 unspecified atom stereocenters. The zero-order valence-electron chi connectivity index (χ0n) is 17.9. The smallest absolute Gasteiger partial charge is 0.224 e. The highest BCUT2D eigenvalue weighted by Crippen LogP contribution is 2.30. The van der Waals surface area contributed by atoms with Crippen molar-refractivity contribution in [3.8, 4) is 0 Å². The number of nitrogens with one attached hydrogen (secondary N) is 2. The molecule has 4 aromatic rings. The SMILES string of the molecule is O=C(NC[C@@H](c1ccccc1)c1c[nH]c2ccccc12)[C@@H]1CCCN(c2cnccn2)C1. The van der Waals surface area contributed by atoms with E-state index in [0.29, 0.717) is 13.1 Å². The Labute approximate surface area is 187 Å². The molecule has 0 saturated carbocycles. The molecule has 5 rings (SSSR count). The Balaban J connectivity index is 1.33. The normalized spacial score (nSPS) is 17.2. The van der Waals surface area contributed by atoms with E-state index in [1.807, 2.05) is 12.1 Å². The Bertz CT molecular complexity index is 1170. The van der Waals surface area contributed by atoms with Crippen LogP contribution in [0.15, 0.2) is 79.4 Å². The summed E-state index contributed by atoms with van der Waals surface area (Å²) in [6.07, 6.45) is 9.08. The number of hydrogen-bond donors (Lipinski definition) is 2. The van der Waals surface area contributed by atoms with Crippen molar-refractivity contribution in [2.75, 3.05) is 24.5 Å². The van der Waals surface area contributed by atoms with Crippen LogP contribution in [0.1, 0.15) is 29.9 Å². The molecule has 162 valence electrons. The van der Waals surface area contributed by atoms with Crippen LogP contribution in [0.4, 0.5) is 5.82 Å². The number of amides is 1. The summed E-state index contributed by atoms with van der Waals surface area (Å²) in [5, 5.41) is 4.46. The molecule has 1 aliphatic rings. The van der Waals surface area contributed by atoms with Crippen molar-refractivity contribution in [1.82, 2.24) is 20.3 Å². The summed E-state index contributed by atoms with van der Waals surface area (Å²) in [6, 6.07) is 18.7. The maximum absolute atomic E-state index is 13.2. The Morgan fingerprint density at radius 3 is 2.81 bits per heavy atom. The number of aromatic nitrogens is 3. The third kappa shape index (κ3) is 4.21. The van der Waals surface area contributed by atoms with Gasteiger partial charge in [-0.2, -0.15) is 0 Å². The molecule has 0 spiro atoms. The number of fused-ring (bicyclic) bond motifs is 1. The number of hydrogen-bond acceptors (Lipinski definition) is 4. The first kappa shape index (κ1) is 20.2. The van der Waals surface area contributed by atoms with Gasteiger partial charge in [0.1, 0.15) is 5.82 Å². The molecule has 2 aromatic heterocycles. The Morgan fingerprint density at radius 1 is 1.12 bits per heavy atom. The van der Waals surface area contributed by atoms with Gasteiger partial charge < -0.3 is 15.2 Å². The lowest BCUT2D eigenvalue weighted by molar-refractivity contribution is -0.125. The number of benzene rings is 2. The van der Waals surface area contributed by atoms with Gasteiger partial charge in [-0.3, -0.25) is 9.78 Å². The molecule has 6 nitrogen and oxygen atoms in total. The van der Waals surface area contributed by atoms with Crippen LogP contribution in [0.5, 0.6) is 0 Å². The lowest BCUT2D eigenvalue weighted by Crippen LogP contribution is -2.44. The van der Waals surface area contributed by atoms with Crippen molar-refractivity contribution in [3.63, 3.8) is 0 Å². The molecule has 0 aliphatic carbocycles. The second-order valence-corrected chi connectivity index (χ2v) is 8.35. The van der Waals surface area contributed by atoms with E-state index >= 15 is 0 Å². The Kier molecular flexibility index (Phi) is 5.83. The molecule has 2 aromatic carbocycles. The maximum atomic E-state index is 13.2. The van der Waals surface area contributed by atoms with E-state index in [4.69, 9.17) is 0 Å². The largest absolute Gasteiger partial charge is 0.361 e. The number of carbonyl (C=O) groups is 1. The maximum Gasteiger partial charge on any atom is 0.224 e. The molecule has 2 atom stereocenters. The Morgan fingerprint density at radius 2 is 1.97 bits per heavy atom. The number of nitrogens with zero attached hydrogens (tertiary/aromatic N) is 3. The standard InChI is InChI=1S/C26H27N5O/c32-26(20-9-6-14-31(18-20)25-17-27-12-13-28-25)30-15-22(19-7-2-1-3-8-19)23-16-29-24-11-5-4-10-21(23)24/h1-5,7-8,10-13,16-17,20,22,29H,6,9,14-15,18H2,(H,30,32)/t20-,22+/m1/s1. The number of aromatic amines is 1. The van der Waals surface area contributed by atoms with Crippen LogP contribution in [-0.4, -0.2) is 40.5 Å². The predicted octanol–water partition coefficient (Wildman–Crippen LogP) is 4.12. The van der Waals surface area contributed by atoms with Crippen LogP contribution >= 0.6 is 0 Å². The first-order chi connectivity index (χ1) is 15.8. The van der Waals surface area contributed by atoms with E-state index in [0.717, 1.165) is 30.7 Å². The summed E-state index contributed by atoms with van der Waals surface area (Å²) in [4.78, 5) is 27.3. The summed E-state index contributed by atoms with van der Waals surface area (Å²) in [5.41, 5.74) is 3.51. The van der Waals surface area contributed by atoms with Gasteiger partial charge in [0.15, 0.2) is 0 Å². The zero-order chi connectivity index (χ0) is 21.8. The first-order valence-corrected chi connectivity index (χ1v) is 11.2. The molecule has 0 radical (unpaired) electrons. The summed E-state index contributed by atoms with van der Waals surface area (Å²) in [7, 11) is 0. The van der Waals surface area contributed by atoms with Crippen LogP contribution in [-0.2, 0) is 4.79 Å².